The molecule has 3 aromatic rings. The zero-order valence-corrected chi connectivity index (χ0v) is 16.7. The SMILES string of the molecule is COc1ccc(C=Nn2c(C(C)C)nc3ccc(Br)cc3c2=O)c(C)c1. The molecule has 5 nitrogen and oxygen atoms in total. The van der Waals surface area contributed by atoms with Crippen LogP contribution in [0.4, 0.5) is 0 Å². The lowest BCUT2D eigenvalue weighted by atomic mass is 10.1. The molecule has 0 fully saturated rings. The smallest absolute Gasteiger partial charge is 0.282 e. The number of hydrogen-bond donors (Lipinski definition) is 0. The van der Waals surface area contributed by atoms with Crippen molar-refractivity contribution >= 4 is 33.0 Å². The summed E-state index contributed by atoms with van der Waals surface area (Å²) in [6.45, 7) is 5.97. The fourth-order valence-electron chi connectivity index (χ4n) is 2.69. The lowest BCUT2D eigenvalue weighted by Gasteiger charge is -2.12. The Morgan fingerprint density at radius 3 is 2.65 bits per heavy atom. The standard InChI is InChI=1S/C20H20BrN3O2/c1-12(2)19-23-18-8-6-15(21)10-17(18)20(25)24(19)22-11-14-5-7-16(26-4)9-13(14)3/h5-12H,1-4H3. The molecule has 0 aliphatic rings. The van der Waals surface area contributed by atoms with Crippen LogP contribution in [-0.4, -0.2) is 23.0 Å². The number of aryl methyl sites for hydroxylation is 1. The summed E-state index contributed by atoms with van der Waals surface area (Å²) in [6.07, 6.45) is 1.69. The van der Waals surface area contributed by atoms with Crippen molar-refractivity contribution in [3.8, 4) is 5.75 Å². The van der Waals surface area contributed by atoms with Gasteiger partial charge in [0.15, 0.2) is 0 Å². The summed E-state index contributed by atoms with van der Waals surface area (Å²) in [5, 5.41) is 4.99. The minimum absolute atomic E-state index is 0.0601. The summed E-state index contributed by atoms with van der Waals surface area (Å²) in [5.74, 6) is 1.48. The molecule has 0 N–H and O–H groups in total. The van der Waals surface area contributed by atoms with E-state index in [0.717, 1.165) is 21.3 Å². The topological polar surface area (TPSA) is 56.5 Å². The molecule has 0 radical (unpaired) electrons. The second-order valence-corrected chi connectivity index (χ2v) is 7.29. The highest BCUT2D eigenvalue weighted by molar-refractivity contribution is 9.10. The number of benzene rings is 2. The van der Waals surface area contributed by atoms with Crippen molar-refractivity contribution in [3.05, 3.63) is 68.2 Å². The Hall–Kier alpha value is -2.47. The number of halogens is 1. The van der Waals surface area contributed by atoms with E-state index in [1.54, 1.807) is 19.4 Å². The predicted molar refractivity (Wildman–Crippen MR) is 109 cm³/mol. The Morgan fingerprint density at radius 1 is 1.23 bits per heavy atom. The van der Waals surface area contributed by atoms with Gasteiger partial charge in [-0.3, -0.25) is 4.79 Å². The molecule has 0 bridgehead atoms. The van der Waals surface area contributed by atoms with Crippen LogP contribution in [0.15, 0.2) is 50.8 Å². The first kappa shape index (κ1) is 18.3. The van der Waals surface area contributed by atoms with E-state index in [0.29, 0.717) is 16.7 Å². The van der Waals surface area contributed by atoms with Crippen molar-refractivity contribution in [2.75, 3.05) is 7.11 Å². The summed E-state index contributed by atoms with van der Waals surface area (Å²) >= 11 is 3.41. The zero-order chi connectivity index (χ0) is 18.8. The van der Waals surface area contributed by atoms with Crippen molar-refractivity contribution in [2.45, 2.75) is 26.7 Å². The molecule has 0 aliphatic heterocycles. The van der Waals surface area contributed by atoms with Gasteiger partial charge >= 0.3 is 0 Å². The van der Waals surface area contributed by atoms with Crippen LogP contribution in [0.1, 0.15) is 36.7 Å². The fraction of sp³-hybridized carbons (Fsp3) is 0.250. The van der Waals surface area contributed by atoms with Gasteiger partial charge in [0.1, 0.15) is 11.6 Å². The van der Waals surface area contributed by atoms with Crippen LogP contribution in [0.5, 0.6) is 5.75 Å². The molecule has 26 heavy (non-hydrogen) atoms. The Balaban J connectivity index is 2.15. The Morgan fingerprint density at radius 2 is 2.00 bits per heavy atom. The van der Waals surface area contributed by atoms with E-state index in [1.807, 2.05) is 51.1 Å². The third kappa shape index (κ3) is 3.55. The number of ether oxygens (including phenoxy) is 1. The summed E-state index contributed by atoms with van der Waals surface area (Å²) in [6, 6.07) is 11.2. The maximum atomic E-state index is 13.0. The van der Waals surface area contributed by atoms with E-state index in [9.17, 15) is 4.79 Å². The molecule has 3 rings (SSSR count). The van der Waals surface area contributed by atoms with Gasteiger partial charge in [0.25, 0.3) is 5.56 Å². The molecule has 0 saturated heterocycles. The molecule has 6 heteroatoms. The van der Waals surface area contributed by atoms with Crippen LogP contribution >= 0.6 is 15.9 Å². The van der Waals surface area contributed by atoms with Gasteiger partial charge in [0.05, 0.1) is 24.2 Å². The van der Waals surface area contributed by atoms with Crippen molar-refractivity contribution < 1.29 is 4.74 Å². The van der Waals surface area contributed by atoms with E-state index in [4.69, 9.17) is 4.74 Å². The Bertz CT molecular complexity index is 1050. The fourth-order valence-corrected chi connectivity index (χ4v) is 3.05. The minimum Gasteiger partial charge on any atom is -0.497 e. The van der Waals surface area contributed by atoms with E-state index in [2.05, 4.69) is 26.0 Å². The first-order chi connectivity index (χ1) is 12.4. The number of nitrogens with zero attached hydrogens (tertiary/aromatic N) is 3. The van der Waals surface area contributed by atoms with Crippen LogP contribution in [0.2, 0.25) is 0 Å². The molecule has 0 atom stereocenters. The molecule has 0 amide bonds. The molecule has 0 unspecified atom stereocenters. The number of rotatable bonds is 4. The maximum absolute atomic E-state index is 13.0. The number of fused-ring (bicyclic) bond motifs is 1. The largest absolute Gasteiger partial charge is 0.497 e. The number of methoxy groups -OCH3 is 1. The molecule has 1 heterocycles. The zero-order valence-electron chi connectivity index (χ0n) is 15.2. The highest BCUT2D eigenvalue weighted by atomic mass is 79.9. The van der Waals surface area contributed by atoms with Crippen molar-refractivity contribution in [1.29, 1.82) is 0 Å². The molecular formula is C20H20BrN3O2. The third-order valence-corrected chi connectivity index (χ3v) is 4.63. The summed E-state index contributed by atoms with van der Waals surface area (Å²) in [5.41, 5.74) is 2.43. The van der Waals surface area contributed by atoms with Gasteiger partial charge in [-0.05, 0) is 54.4 Å². The van der Waals surface area contributed by atoms with E-state index in [-0.39, 0.29) is 11.5 Å². The highest BCUT2D eigenvalue weighted by Gasteiger charge is 2.13. The molecule has 1 aromatic heterocycles. The van der Waals surface area contributed by atoms with Crippen molar-refractivity contribution in [1.82, 2.24) is 9.66 Å². The second-order valence-electron chi connectivity index (χ2n) is 6.37. The summed E-state index contributed by atoms with van der Waals surface area (Å²) in [7, 11) is 1.63. The first-order valence-electron chi connectivity index (χ1n) is 8.32. The van der Waals surface area contributed by atoms with Gasteiger partial charge in [-0.15, -0.1) is 0 Å². The van der Waals surface area contributed by atoms with Crippen molar-refractivity contribution in [2.24, 2.45) is 5.10 Å². The summed E-state index contributed by atoms with van der Waals surface area (Å²) in [4.78, 5) is 17.6. The summed E-state index contributed by atoms with van der Waals surface area (Å²) < 4.78 is 7.46. The first-order valence-corrected chi connectivity index (χ1v) is 9.11. The van der Waals surface area contributed by atoms with Crippen molar-refractivity contribution in [3.63, 3.8) is 0 Å². The molecular weight excluding hydrogens is 394 g/mol. The van der Waals surface area contributed by atoms with Crippen LogP contribution in [0.25, 0.3) is 10.9 Å². The molecule has 0 aliphatic carbocycles. The normalized spacial score (nSPS) is 11.6. The predicted octanol–water partition coefficient (Wildman–Crippen LogP) is 4.48. The van der Waals surface area contributed by atoms with Gasteiger partial charge in [0, 0.05) is 10.4 Å². The quantitative estimate of drug-likeness (QED) is 0.592. The molecule has 134 valence electrons. The van der Waals surface area contributed by atoms with Crippen LogP contribution in [0, 0.1) is 6.92 Å². The average Bonchev–Trinajstić information content (AvgIpc) is 2.62. The van der Waals surface area contributed by atoms with Gasteiger partial charge in [-0.25, -0.2) is 4.98 Å². The van der Waals surface area contributed by atoms with Gasteiger partial charge in [-0.1, -0.05) is 29.8 Å². The van der Waals surface area contributed by atoms with Gasteiger partial charge in [0.2, 0.25) is 0 Å². The molecule has 0 saturated carbocycles. The van der Waals surface area contributed by atoms with Crippen LogP contribution in [-0.2, 0) is 0 Å². The Labute approximate surface area is 160 Å². The van der Waals surface area contributed by atoms with Crippen LogP contribution in [0.3, 0.4) is 0 Å². The van der Waals surface area contributed by atoms with Gasteiger partial charge in [-0.2, -0.15) is 9.78 Å². The Kier molecular flexibility index (Phi) is 5.23. The lowest BCUT2D eigenvalue weighted by molar-refractivity contribution is 0.414. The maximum Gasteiger partial charge on any atom is 0.282 e. The van der Waals surface area contributed by atoms with E-state index >= 15 is 0 Å². The van der Waals surface area contributed by atoms with Crippen LogP contribution < -0.4 is 10.3 Å². The average molecular weight is 414 g/mol. The van der Waals surface area contributed by atoms with E-state index in [1.165, 1.54) is 4.68 Å². The van der Waals surface area contributed by atoms with E-state index < -0.39 is 0 Å². The monoisotopic (exact) mass is 413 g/mol. The molecule has 0 spiro atoms. The third-order valence-electron chi connectivity index (χ3n) is 4.14. The highest BCUT2D eigenvalue weighted by Crippen LogP contribution is 2.19. The number of hydrogen-bond acceptors (Lipinski definition) is 4. The number of aromatic nitrogens is 2. The minimum atomic E-state index is -0.178. The lowest BCUT2D eigenvalue weighted by Crippen LogP contribution is -2.23. The second kappa shape index (κ2) is 7.41. The molecule has 2 aromatic carbocycles. The van der Waals surface area contributed by atoms with Gasteiger partial charge < -0.3 is 4.74 Å².